The monoisotopic (exact) mass is 459 g/mol. The van der Waals surface area contributed by atoms with E-state index in [1.807, 2.05) is 25.2 Å². The third-order valence-corrected chi connectivity index (χ3v) is 5.39. The predicted molar refractivity (Wildman–Crippen MR) is 109 cm³/mol. The van der Waals surface area contributed by atoms with Crippen molar-refractivity contribution in [1.29, 1.82) is 0 Å². The molecular formula is C21H24F3NO5S. The Hall–Kier alpha value is -2.30. The van der Waals surface area contributed by atoms with Gasteiger partial charge in [0.1, 0.15) is 11.5 Å². The van der Waals surface area contributed by atoms with Crippen LogP contribution in [0.2, 0.25) is 0 Å². The van der Waals surface area contributed by atoms with Crippen molar-refractivity contribution < 1.29 is 35.2 Å². The van der Waals surface area contributed by atoms with Gasteiger partial charge in [-0.1, -0.05) is 18.2 Å². The van der Waals surface area contributed by atoms with E-state index in [-0.39, 0.29) is 18.3 Å². The van der Waals surface area contributed by atoms with Gasteiger partial charge in [-0.05, 0) is 48.0 Å². The fourth-order valence-electron chi connectivity index (χ4n) is 3.56. The number of nitrogens with zero attached hydrogens (tertiary/aromatic N) is 1. The van der Waals surface area contributed by atoms with Crippen molar-refractivity contribution in [3.63, 3.8) is 0 Å². The Morgan fingerprint density at radius 3 is 2.39 bits per heavy atom. The molecular weight excluding hydrogens is 435 g/mol. The summed E-state index contributed by atoms with van der Waals surface area (Å²) in [5.74, 6) is 0.427. The minimum absolute atomic E-state index is 0.00546. The highest BCUT2D eigenvalue weighted by Gasteiger charge is 2.31. The van der Waals surface area contributed by atoms with Gasteiger partial charge in [0.25, 0.3) is 10.1 Å². The van der Waals surface area contributed by atoms with Gasteiger partial charge in [-0.2, -0.15) is 8.42 Å². The Morgan fingerprint density at radius 1 is 1.06 bits per heavy atom. The topological polar surface area (TPSA) is 65.1 Å². The van der Waals surface area contributed by atoms with Gasteiger partial charge in [0.05, 0.1) is 19.5 Å². The van der Waals surface area contributed by atoms with Crippen molar-refractivity contribution in [2.45, 2.75) is 25.2 Å². The molecule has 0 fully saturated rings. The highest BCUT2D eigenvalue weighted by Crippen LogP contribution is 2.36. The lowest BCUT2D eigenvalue weighted by Crippen LogP contribution is -2.31. The summed E-state index contributed by atoms with van der Waals surface area (Å²) < 4.78 is 73.4. The van der Waals surface area contributed by atoms with Crippen LogP contribution in [0.15, 0.2) is 42.5 Å². The van der Waals surface area contributed by atoms with E-state index in [9.17, 15) is 21.6 Å². The van der Waals surface area contributed by atoms with Crippen molar-refractivity contribution in [1.82, 2.24) is 4.90 Å². The number of benzene rings is 2. The second-order valence-electron chi connectivity index (χ2n) is 7.45. The van der Waals surface area contributed by atoms with Crippen LogP contribution in [0.1, 0.15) is 29.0 Å². The van der Waals surface area contributed by atoms with Gasteiger partial charge < -0.3 is 14.4 Å². The normalized spacial score (nSPS) is 17.3. The molecule has 6 nitrogen and oxygen atoms in total. The van der Waals surface area contributed by atoms with Crippen LogP contribution in [0, 0.1) is 0 Å². The van der Waals surface area contributed by atoms with Gasteiger partial charge in [0, 0.05) is 25.4 Å². The molecule has 0 aliphatic carbocycles. The molecule has 1 atom stereocenters. The summed E-state index contributed by atoms with van der Waals surface area (Å²) in [6.07, 6.45) is -3.29. The first-order chi connectivity index (χ1) is 14.5. The third kappa shape index (κ3) is 7.12. The Balaban J connectivity index is 1.68. The quantitative estimate of drug-likeness (QED) is 0.441. The predicted octanol–water partition coefficient (Wildman–Crippen LogP) is 3.91. The molecule has 2 aromatic rings. The van der Waals surface area contributed by atoms with E-state index in [2.05, 4.69) is 13.8 Å². The summed E-state index contributed by atoms with van der Waals surface area (Å²) in [6, 6.07) is 11.7. The fourth-order valence-corrected chi connectivity index (χ4v) is 3.98. The van der Waals surface area contributed by atoms with E-state index in [0.29, 0.717) is 18.8 Å². The van der Waals surface area contributed by atoms with Crippen LogP contribution in [0.3, 0.4) is 0 Å². The number of likely N-dealkylation sites (N-methyl/N-ethyl adjacent to an activating group) is 1. The van der Waals surface area contributed by atoms with Crippen LogP contribution in [-0.2, 0) is 20.8 Å². The van der Waals surface area contributed by atoms with Gasteiger partial charge in [-0.15, -0.1) is 13.2 Å². The highest BCUT2D eigenvalue weighted by atomic mass is 32.2. The molecule has 0 amide bonds. The zero-order valence-corrected chi connectivity index (χ0v) is 18.0. The van der Waals surface area contributed by atoms with Gasteiger partial charge >= 0.3 is 6.36 Å². The van der Waals surface area contributed by atoms with E-state index in [1.54, 1.807) is 12.1 Å². The SMILES string of the molecule is CN1Cc2cc(OCCCOS(C)(=O)=O)ccc2C(c2ccc(OC(F)(F)F)cc2)C1. The Labute approximate surface area is 179 Å². The largest absolute Gasteiger partial charge is 0.573 e. The zero-order valence-electron chi connectivity index (χ0n) is 17.2. The summed E-state index contributed by atoms with van der Waals surface area (Å²) in [7, 11) is -1.48. The van der Waals surface area contributed by atoms with Crippen molar-refractivity contribution in [3.05, 3.63) is 59.2 Å². The second-order valence-corrected chi connectivity index (χ2v) is 9.10. The smallest absolute Gasteiger partial charge is 0.493 e. The van der Waals surface area contributed by atoms with Crippen LogP contribution in [-0.4, -0.2) is 52.7 Å². The molecule has 170 valence electrons. The van der Waals surface area contributed by atoms with E-state index >= 15 is 0 Å². The minimum atomic E-state index is -4.72. The summed E-state index contributed by atoms with van der Waals surface area (Å²) >= 11 is 0. The van der Waals surface area contributed by atoms with E-state index in [4.69, 9.17) is 4.74 Å². The number of hydrogen-bond acceptors (Lipinski definition) is 6. The Kier molecular flexibility index (Phi) is 7.13. The molecule has 0 N–H and O–H groups in total. The number of alkyl halides is 3. The molecule has 1 aliphatic rings. The van der Waals surface area contributed by atoms with E-state index in [1.165, 1.54) is 12.1 Å². The fraction of sp³-hybridized carbons (Fsp3) is 0.429. The molecule has 0 saturated carbocycles. The first kappa shape index (κ1) is 23.4. The van der Waals surface area contributed by atoms with Crippen molar-refractivity contribution in [3.8, 4) is 11.5 Å². The maximum atomic E-state index is 12.4. The maximum absolute atomic E-state index is 12.4. The van der Waals surface area contributed by atoms with Crippen LogP contribution in [0.25, 0.3) is 0 Å². The molecule has 2 aromatic carbocycles. The first-order valence-electron chi connectivity index (χ1n) is 9.64. The van der Waals surface area contributed by atoms with Crippen LogP contribution in [0.5, 0.6) is 11.5 Å². The third-order valence-electron chi connectivity index (χ3n) is 4.80. The van der Waals surface area contributed by atoms with Crippen molar-refractivity contribution >= 4 is 10.1 Å². The van der Waals surface area contributed by atoms with Gasteiger partial charge in [-0.25, -0.2) is 0 Å². The summed E-state index contributed by atoms with van der Waals surface area (Å²) in [5, 5.41) is 0. The van der Waals surface area contributed by atoms with Crippen LogP contribution in [0.4, 0.5) is 13.2 Å². The minimum Gasteiger partial charge on any atom is -0.493 e. The lowest BCUT2D eigenvalue weighted by Gasteiger charge is -2.33. The molecule has 0 bridgehead atoms. The molecule has 0 saturated heterocycles. The number of ether oxygens (including phenoxy) is 2. The Bertz CT molecular complexity index is 993. The maximum Gasteiger partial charge on any atom is 0.573 e. The average Bonchev–Trinajstić information content (AvgIpc) is 2.65. The molecule has 3 rings (SSSR count). The molecule has 0 spiro atoms. The van der Waals surface area contributed by atoms with Gasteiger partial charge in [-0.3, -0.25) is 4.18 Å². The number of fused-ring (bicyclic) bond motifs is 1. The molecule has 0 aromatic heterocycles. The van der Waals surface area contributed by atoms with Crippen molar-refractivity contribution in [2.75, 3.05) is 33.1 Å². The molecule has 31 heavy (non-hydrogen) atoms. The van der Waals surface area contributed by atoms with E-state index < -0.39 is 16.5 Å². The van der Waals surface area contributed by atoms with Crippen molar-refractivity contribution in [2.24, 2.45) is 0 Å². The number of halogens is 3. The van der Waals surface area contributed by atoms with E-state index in [0.717, 1.165) is 36.0 Å². The highest BCUT2D eigenvalue weighted by molar-refractivity contribution is 7.85. The zero-order chi connectivity index (χ0) is 22.6. The second kappa shape index (κ2) is 9.46. The first-order valence-corrected chi connectivity index (χ1v) is 11.5. The van der Waals surface area contributed by atoms with Crippen LogP contribution >= 0.6 is 0 Å². The number of hydrogen-bond donors (Lipinski definition) is 0. The van der Waals surface area contributed by atoms with Crippen LogP contribution < -0.4 is 9.47 Å². The van der Waals surface area contributed by atoms with Gasteiger partial charge in [0.15, 0.2) is 0 Å². The lowest BCUT2D eigenvalue weighted by atomic mass is 9.84. The average molecular weight is 459 g/mol. The molecule has 10 heteroatoms. The number of rotatable bonds is 8. The standard InChI is InChI=1S/C21H24F3NO5S/c1-25-13-16-12-18(28-10-3-11-29-31(2,26)27)8-9-19(16)20(14-25)15-4-6-17(7-5-15)30-21(22,23)24/h4-9,12,20H,3,10-11,13-14H2,1-2H3. The molecule has 1 aliphatic heterocycles. The van der Waals surface area contributed by atoms with Gasteiger partial charge in [0.2, 0.25) is 0 Å². The molecule has 1 unspecified atom stereocenters. The molecule has 0 radical (unpaired) electrons. The summed E-state index contributed by atoms with van der Waals surface area (Å²) in [5.41, 5.74) is 3.06. The summed E-state index contributed by atoms with van der Waals surface area (Å²) in [4.78, 5) is 2.14. The lowest BCUT2D eigenvalue weighted by molar-refractivity contribution is -0.274. The molecule has 1 heterocycles. The Morgan fingerprint density at radius 2 is 1.74 bits per heavy atom. The summed E-state index contributed by atoms with van der Waals surface area (Å²) in [6.45, 7) is 1.82.